The molecule has 0 radical (unpaired) electrons. The molecule has 88 valence electrons. The number of aromatic nitrogens is 1. The van der Waals surface area contributed by atoms with Gasteiger partial charge in [0.2, 0.25) is 0 Å². The van der Waals surface area contributed by atoms with Crippen LogP contribution in [0.5, 0.6) is 5.75 Å². The van der Waals surface area contributed by atoms with Crippen LogP contribution in [0.25, 0.3) is 0 Å². The molecule has 4 nitrogen and oxygen atoms in total. The molecule has 0 saturated heterocycles. The zero-order valence-electron chi connectivity index (χ0n) is 9.77. The first-order valence-electron chi connectivity index (χ1n) is 5.64. The van der Waals surface area contributed by atoms with Crippen LogP contribution in [0.4, 0.5) is 0 Å². The highest BCUT2D eigenvalue weighted by atomic mass is 16.5. The van der Waals surface area contributed by atoms with Gasteiger partial charge < -0.3 is 4.74 Å². The van der Waals surface area contributed by atoms with Gasteiger partial charge in [-0.1, -0.05) is 0 Å². The first-order valence-corrected chi connectivity index (χ1v) is 5.64. The fourth-order valence-corrected chi connectivity index (χ4v) is 2.16. The number of pyridine rings is 1. The summed E-state index contributed by atoms with van der Waals surface area (Å²) in [6.07, 6.45) is 3.71. The van der Waals surface area contributed by atoms with Crippen LogP contribution in [0, 0.1) is 11.3 Å². The third-order valence-electron chi connectivity index (χ3n) is 3.34. The Morgan fingerprint density at radius 1 is 1.41 bits per heavy atom. The van der Waals surface area contributed by atoms with Crippen LogP contribution in [0.1, 0.15) is 31.4 Å². The maximum Gasteiger partial charge on any atom is 0.137 e. The van der Waals surface area contributed by atoms with E-state index in [0.29, 0.717) is 31.4 Å². The number of hydrogen-bond acceptors (Lipinski definition) is 4. The van der Waals surface area contributed by atoms with Gasteiger partial charge in [-0.25, -0.2) is 0 Å². The number of hydrogen-bond donors (Lipinski definition) is 0. The number of carbonyl (C=O) groups is 1. The van der Waals surface area contributed by atoms with Crippen LogP contribution >= 0.6 is 0 Å². The molecule has 2 rings (SSSR count). The molecule has 0 aromatic carbocycles. The first-order chi connectivity index (χ1) is 8.20. The minimum Gasteiger partial charge on any atom is -0.495 e. The first kappa shape index (κ1) is 11.6. The van der Waals surface area contributed by atoms with Crippen molar-refractivity contribution in [2.75, 3.05) is 7.11 Å². The summed E-state index contributed by atoms with van der Waals surface area (Å²) in [5, 5.41) is 9.38. The van der Waals surface area contributed by atoms with E-state index in [2.05, 4.69) is 11.1 Å². The summed E-state index contributed by atoms with van der Waals surface area (Å²) in [6, 6.07) is 5.96. The fourth-order valence-electron chi connectivity index (χ4n) is 2.16. The van der Waals surface area contributed by atoms with E-state index in [0.717, 1.165) is 5.69 Å². The Morgan fingerprint density at radius 3 is 2.59 bits per heavy atom. The van der Waals surface area contributed by atoms with Crippen molar-refractivity contribution in [3.8, 4) is 11.8 Å². The molecule has 1 aromatic rings. The molecule has 0 spiro atoms. The van der Waals surface area contributed by atoms with Crippen LogP contribution in [0.3, 0.4) is 0 Å². The van der Waals surface area contributed by atoms with E-state index in [1.54, 1.807) is 19.4 Å². The van der Waals surface area contributed by atoms with Gasteiger partial charge in [-0.2, -0.15) is 5.26 Å². The van der Waals surface area contributed by atoms with Crippen LogP contribution in [0.2, 0.25) is 0 Å². The molecule has 0 aliphatic heterocycles. The molecule has 0 N–H and O–H groups in total. The molecule has 4 heteroatoms. The van der Waals surface area contributed by atoms with Crippen molar-refractivity contribution >= 4 is 5.78 Å². The molecule has 0 unspecified atom stereocenters. The summed E-state index contributed by atoms with van der Waals surface area (Å²) in [5.74, 6) is 0.915. The average molecular weight is 230 g/mol. The lowest BCUT2D eigenvalue weighted by atomic mass is 9.72. The van der Waals surface area contributed by atoms with Crippen LogP contribution in [0.15, 0.2) is 18.3 Å². The zero-order chi connectivity index (χ0) is 12.3. The SMILES string of the molecule is COc1ccc(C2(C#N)CCC(=O)CC2)nc1. The predicted octanol–water partition coefficient (Wildman–Crippen LogP) is 1.99. The standard InChI is InChI=1S/C13H14N2O2/c1-17-11-2-3-12(15-8-11)13(9-14)6-4-10(16)5-7-13/h2-3,8H,4-7H2,1H3. The Hall–Kier alpha value is -1.89. The summed E-state index contributed by atoms with van der Waals surface area (Å²) >= 11 is 0. The van der Waals surface area contributed by atoms with E-state index in [9.17, 15) is 10.1 Å². The maximum absolute atomic E-state index is 11.2. The molecule has 1 aliphatic carbocycles. The van der Waals surface area contributed by atoms with E-state index < -0.39 is 5.41 Å². The maximum atomic E-state index is 11.2. The molecular weight excluding hydrogens is 216 g/mol. The highest BCUT2D eigenvalue weighted by molar-refractivity contribution is 5.79. The van der Waals surface area contributed by atoms with Crippen molar-refractivity contribution in [1.29, 1.82) is 5.26 Å². The number of Topliss-reactive ketones (excluding diaryl/α,β-unsaturated/α-hetero) is 1. The van der Waals surface area contributed by atoms with Crippen molar-refractivity contribution in [2.45, 2.75) is 31.1 Å². The number of rotatable bonds is 2. The molecule has 1 aliphatic rings. The Morgan fingerprint density at radius 2 is 2.12 bits per heavy atom. The lowest BCUT2D eigenvalue weighted by molar-refractivity contribution is -0.121. The molecule has 17 heavy (non-hydrogen) atoms. The molecule has 0 bridgehead atoms. The van der Waals surface area contributed by atoms with E-state index in [-0.39, 0.29) is 5.78 Å². The average Bonchev–Trinajstić information content (AvgIpc) is 2.40. The van der Waals surface area contributed by atoms with Gasteiger partial charge in [-0.15, -0.1) is 0 Å². The quantitative estimate of drug-likeness (QED) is 0.779. The Kier molecular flexibility index (Phi) is 3.10. The summed E-state index contributed by atoms with van der Waals surface area (Å²) in [5.41, 5.74) is 0.147. The fraction of sp³-hybridized carbons (Fsp3) is 0.462. The van der Waals surface area contributed by atoms with Crippen molar-refractivity contribution in [1.82, 2.24) is 4.98 Å². The van der Waals surface area contributed by atoms with Gasteiger partial charge in [0.1, 0.15) is 16.9 Å². The van der Waals surface area contributed by atoms with Crippen molar-refractivity contribution < 1.29 is 9.53 Å². The van der Waals surface area contributed by atoms with Crippen molar-refractivity contribution in [3.05, 3.63) is 24.0 Å². The van der Waals surface area contributed by atoms with Crippen LogP contribution < -0.4 is 4.74 Å². The van der Waals surface area contributed by atoms with Gasteiger partial charge >= 0.3 is 0 Å². The predicted molar refractivity (Wildman–Crippen MR) is 61.6 cm³/mol. The number of ether oxygens (including phenoxy) is 1. The molecule has 0 amide bonds. The lowest BCUT2D eigenvalue weighted by Gasteiger charge is -2.29. The molecule has 1 saturated carbocycles. The topological polar surface area (TPSA) is 63.0 Å². The Labute approximate surface area is 100 Å². The second kappa shape index (κ2) is 4.54. The second-order valence-corrected chi connectivity index (χ2v) is 4.32. The van der Waals surface area contributed by atoms with Gasteiger partial charge in [0.15, 0.2) is 0 Å². The largest absolute Gasteiger partial charge is 0.495 e. The highest BCUT2D eigenvalue weighted by Gasteiger charge is 2.37. The normalized spacial score (nSPS) is 18.5. The number of carbonyl (C=O) groups excluding carboxylic acids is 1. The van der Waals surface area contributed by atoms with Crippen LogP contribution in [-0.2, 0) is 10.2 Å². The number of nitrogens with zero attached hydrogens (tertiary/aromatic N) is 2. The van der Waals surface area contributed by atoms with Gasteiger partial charge in [0, 0.05) is 12.8 Å². The van der Waals surface area contributed by atoms with Crippen LogP contribution in [-0.4, -0.2) is 17.9 Å². The summed E-state index contributed by atoms with van der Waals surface area (Å²) < 4.78 is 5.04. The van der Waals surface area contributed by atoms with Crippen molar-refractivity contribution in [2.24, 2.45) is 0 Å². The van der Waals surface area contributed by atoms with Crippen molar-refractivity contribution in [3.63, 3.8) is 0 Å². The minimum atomic E-state index is -0.597. The summed E-state index contributed by atoms with van der Waals surface area (Å²) in [4.78, 5) is 15.5. The lowest BCUT2D eigenvalue weighted by Crippen LogP contribution is -2.31. The smallest absolute Gasteiger partial charge is 0.137 e. The molecule has 1 heterocycles. The second-order valence-electron chi connectivity index (χ2n) is 4.32. The van der Waals surface area contributed by atoms with Gasteiger partial charge in [-0.3, -0.25) is 9.78 Å². The number of ketones is 1. The van der Waals surface area contributed by atoms with E-state index in [1.165, 1.54) is 0 Å². The molecule has 0 atom stereocenters. The minimum absolute atomic E-state index is 0.240. The Balaban J connectivity index is 2.28. The highest BCUT2D eigenvalue weighted by Crippen LogP contribution is 2.36. The molecule has 1 aromatic heterocycles. The molecule has 1 fully saturated rings. The zero-order valence-corrected chi connectivity index (χ0v) is 9.77. The Bertz CT molecular complexity index is 449. The van der Waals surface area contributed by atoms with Gasteiger partial charge in [-0.05, 0) is 25.0 Å². The monoisotopic (exact) mass is 230 g/mol. The van der Waals surface area contributed by atoms with E-state index >= 15 is 0 Å². The van der Waals surface area contributed by atoms with E-state index in [1.807, 2.05) is 6.07 Å². The molecular formula is C13H14N2O2. The van der Waals surface area contributed by atoms with Gasteiger partial charge in [0.25, 0.3) is 0 Å². The van der Waals surface area contributed by atoms with E-state index in [4.69, 9.17) is 4.74 Å². The third-order valence-corrected chi connectivity index (χ3v) is 3.34. The number of nitriles is 1. The summed E-state index contributed by atoms with van der Waals surface area (Å²) in [7, 11) is 1.58. The number of methoxy groups -OCH3 is 1. The third kappa shape index (κ3) is 2.14. The van der Waals surface area contributed by atoms with Gasteiger partial charge in [0.05, 0.1) is 25.1 Å². The summed E-state index contributed by atoms with van der Waals surface area (Å²) in [6.45, 7) is 0.